The molecular formula is C26H21ClN2O4. The van der Waals surface area contributed by atoms with Crippen molar-refractivity contribution in [1.29, 1.82) is 5.26 Å². The van der Waals surface area contributed by atoms with Crippen LogP contribution in [0.1, 0.15) is 58.2 Å². The number of hydrogen-bond donors (Lipinski definition) is 1. The van der Waals surface area contributed by atoms with Gasteiger partial charge in [-0.25, -0.2) is 4.98 Å². The highest BCUT2D eigenvalue weighted by molar-refractivity contribution is 6.29. The van der Waals surface area contributed by atoms with Gasteiger partial charge in [0.1, 0.15) is 22.8 Å². The summed E-state index contributed by atoms with van der Waals surface area (Å²) in [5, 5.41) is 19.2. The van der Waals surface area contributed by atoms with E-state index in [0.29, 0.717) is 35.2 Å². The van der Waals surface area contributed by atoms with Crippen molar-refractivity contribution in [2.45, 2.75) is 37.7 Å². The average Bonchev–Trinajstić information content (AvgIpc) is 3.39. The molecule has 7 heteroatoms. The van der Waals surface area contributed by atoms with Gasteiger partial charge in [0.05, 0.1) is 24.7 Å². The molecule has 0 spiro atoms. The van der Waals surface area contributed by atoms with Crippen LogP contribution in [0.15, 0.2) is 48.7 Å². The number of aliphatic carboxylic acids is 1. The summed E-state index contributed by atoms with van der Waals surface area (Å²) in [6.45, 7) is 0.372. The molecule has 1 aliphatic heterocycles. The molecule has 1 aromatic heterocycles. The molecule has 0 amide bonds. The Morgan fingerprint density at radius 1 is 1.24 bits per heavy atom. The van der Waals surface area contributed by atoms with Crippen molar-refractivity contribution >= 4 is 17.6 Å². The summed E-state index contributed by atoms with van der Waals surface area (Å²) in [5.74, 6) is 0.414. The Labute approximate surface area is 196 Å². The quantitative estimate of drug-likeness (QED) is 0.507. The molecule has 0 bridgehead atoms. The van der Waals surface area contributed by atoms with Crippen LogP contribution >= 0.6 is 11.6 Å². The third-order valence-electron chi connectivity index (χ3n) is 6.33. The summed E-state index contributed by atoms with van der Waals surface area (Å²) < 4.78 is 12.0. The number of benzene rings is 2. The maximum Gasteiger partial charge on any atom is 0.304 e. The van der Waals surface area contributed by atoms with E-state index in [0.717, 1.165) is 40.7 Å². The first-order valence-corrected chi connectivity index (χ1v) is 11.2. The van der Waals surface area contributed by atoms with Gasteiger partial charge in [-0.05, 0) is 53.3 Å². The van der Waals surface area contributed by atoms with E-state index in [1.54, 1.807) is 12.3 Å². The number of aromatic nitrogens is 1. The van der Waals surface area contributed by atoms with Gasteiger partial charge in [-0.1, -0.05) is 29.8 Å². The van der Waals surface area contributed by atoms with Crippen LogP contribution in [0, 0.1) is 11.3 Å². The van der Waals surface area contributed by atoms with Crippen LogP contribution in [-0.4, -0.2) is 22.7 Å². The fourth-order valence-corrected chi connectivity index (χ4v) is 4.87. The third-order valence-corrected chi connectivity index (χ3v) is 6.55. The number of nitriles is 1. The van der Waals surface area contributed by atoms with Crippen LogP contribution < -0.4 is 9.47 Å². The Morgan fingerprint density at radius 2 is 2.09 bits per heavy atom. The Balaban J connectivity index is 1.39. The second-order valence-corrected chi connectivity index (χ2v) is 8.78. The van der Waals surface area contributed by atoms with E-state index < -0.39 is 5.97 Å². The van der Waals surface area contributed by atoms with Gasteiger partial charge < -0.3 is 14.6 Å². The second-order valence-electron chi connectivity index (χ2n) is 8.39. The minimum absolute atomic E-state index is 0.0519. The van der Waals surface area contributed by atoms with Crippen molar-refractivity contribution in [3.05, 3.63) is 87.2 Å². The average molecular weight is 461 g/mol. The zero-order valence-electron chi connectivity index (χ0n) is 17.8. The van der Waals surface area contributed by atoms with Crippen LogP contribution in [0.2, 0.25) is 5.15 Å². The van der Waals surface area contributed by atoms with E-state index in [1.165, 1.54) is 0 Å². The molecular weight excluding hydrogens is 440 g/mol. The summed E-state index contributed by atoms with van der Waals surface area (Å²) in [7, 11) is 0. The highest BCUT2D eigenvalue weighted by atomic mass is 35.5. The van der Waals surface area contributed by atoms with Crippen molar-refractivity contribution < 1.29 is 19.4 Å². The molecule has 2 unspecified atom stereocenters. The molecule has 3 aromatic rings. The first-order valence-electron chi connectivity index (χ1n) is 10.8. The van der Waals surface area contributed by atoms with Crippen molar-refractivity contribution in [1.82, 2.24) is 4.98 Å². The monoisotopic (exact) mass is 460 g/mol. The number of carboxylic acids is 1. The maximum absolute atomic E-state index is 11.1. The molecule has 2 atom stereocenters. The fraction of sp³-hybridized carbons (Fsp3) is 0.269. The van der Waals surface area contributed by atoms with E-state index >= 15 is 0 Å². The molecule has 33 heavy (non-hydrogen) atoms. The highest BCUT2D eigenvalue weighted by Gasteiger charge is 2.30. The molecule has 6 nitrogen and oxygen atoms in total. The van der Waals surface area contributed by atoms with E-state index in [-0.39, 0.29) is 18.4 Å². The summed E-state index contributed by atoms with van der Waals surface area (Å²) >= 11 is 5.91. The number of ether oxygens (including phenoxy) is 2. The van der Waals surface area contributed by atoms with Crippen LogP contribution in [0.3, 0.4) is 0 Å². The van der Waals surface area contributed by atoms with Gasteiger partial charge in [0.15, 0.2) is 0 Å². The zero-order chi connectivity index (χ0) is 22.9. The van der Waals surface area contributed by atoms with Crippen molar-refractivity contribution in [2.75, 3.05) is 6.61 Å². The van der Waals surface area contributed by atoms with E-state index in [4.69, 9.17) is 26.2 Å². The molecule has 5 rings (SSSR count). The number of carbonyl (C=O) groups is 1. The minimum Gasteiger partial charge on any atom is -0.492 e. The predicted molar refractivity (Wildman–Crippen MR) is 122 cm³/mol. The molecule has 0 fully saturated rings. The molecule has 0 radical (unpaired) electrons. The van der Waals surface area contributed by atoms with Crippen LogP contribution in [0.5, 0.6) is 11.5 Å². The summed E-state index contributed by atoms with van der Waals surface area (Å²) in [5.41, 5.74) is 5.84. The van der Waals surface area contributed by atoms with Gasteiger partial charge in [0, 0.05) is 30.2 Å². The van der Waals surface area contributed by atoms with E-state index in [9.17, 15) is 10.1 Å². The Kier molecular flexibility index (Phi) is 5.65. The number of hydrogen-bond acceptors (Lipinski definition) is 5. The van der Waals surface area contributed by atoms with Crippen molar-refractivity contribution in [3.63, 3.8) is 0 Å². The van der Waals surface area contributed by atoms with Crippen LogP contribution in [-0.2, 0) is 17.6 Å². The lowest BCUT2D eigenvalue weighted by Crippen LogP contribution is -2.07. The molecule has 166 valence electrons. The number of fused-ring (bicyclic) bond motifs is 2. The summed E-state index contributed by atoms with van der Waals surface area (Å²) in [6, 6.07) is 15.5. The van der Waals surface area contributed by atoms with Gasteiger partial charge in [-0.3, -0.25) is 4.79 Å². The topological polar surface area (TPSA) is 92.4 Å². The van der Waals surface area contributed by atoms with E-state index in [2.05, 4.69) is 11.1 Å². The minimum atomic E-state index is -0.832. The maximum atomic E-state index is 11.1. The van der Waals surface area contributed by atoms with E-state index in [1.807, 2.05) is 36.4 Å². The highest BCUT2D eigenvalue weighted by Crippen LogP contribution is 2.42. The first-order chi connectivity index (χ1) is 16.0. The molecule has 0 saturated carbocycles. The number of nitrogens with zero attached hydrogens (tertiary/aromatic N) is 2. The largest absolute Gasteiger partial charge is 0.492 e. The van der Waals surface area contributed by atoms with Crippen LogP contribution in [0.25, 0.3) is 0 Å². The lowest BCUT2D eigenvalue weighted by molar-refractivity contribution is -0.137. The smallest absolute Gasteiger partial charge is 0.304 e. The van der Waals surface area contributed by atoms with Gasteiger partial charge in [0.25, 0.3) is 0 Å². The Bertz CT molecular complexity index is 1270. The lowest BCUT2D eigenvalue weighted by Gasteiger charge is -2.17. The molecule has 1 N–H and O–H groups in total. The van der Waals surface area contributed by atoms with Crippen molar-refractivity contribution in [2.24, 2.45) is 0 Å². The standard InChI is InChI=1S/C26H21ClN2O4/c27-25-8-1-15(13-29-25)9-22-16(12-28)2-4-21-20(22)6-7-23(21)33-18-3-5-19-17(10-26(30)31)14-32-24(19)11-18/h1-5,8,11,13,17,23H,6-7,9-10,14H2,(H,30,31). The third kappa shape index (κ3) is 4.24. The van der Waals surface area contributed by atoms with Gasteiger partial charge in [-0.15, -0.1) is 0 Å². The van der Waals surface area contributed by atoms with Gasteiger partial charge in [0.2, 0.25) is 0 Å². The molecule has 1 aliphatic carbocycles. The number of pyridine rings is 1. The molecule has 2 heterocycles. The van der Waals surface area contributed by atoms with Gasteiger partial charge in [-0.2, -0.15) is 5.26 Å². The Hall–Kier alpha value is -3.56. The normalized spacial score (nSPS) is 18.2. The number of halogens is 1. The predicted octanol–water partition coefficient (Wildman–Crippen LogP) is 5.21. The molecule has 2 aliphatic rings. The first kappa shape index (κ1) is 21.3. The SMILES string of the molecule is N#Cc1ccc2c(c1Cc1ccc(Cl)nc1)CCC2Oc1ccc2c(c1)OCC2CC(=O)O. The zero-order valence-corrected chi connectivity index (χ0v) is 18.5. The fourth-order valence-electron chi connectivity index (χ4n) is 4.76. The number of rotatable bonds is 6. The Morgan fingerprint density at radius 3 is 2.85 bits per heavy atom. The van der Waals surface area contributed by atoms with Crippen molar-refractivity contribution in [3.8, 4) is 17.6 Å². The van der Waals surface area contributed by atoms with Gasteiger partial charge >= 0.3 is 5.97 Å². The molecule has 2 aromatic carbocycles. The van der Waals surface area contributed by atoms with Crippen LogP contribution in [0.4, 0.5) is 0 Å². The summed E-state index contributed by atoms with van der Waals surface area (Å²) in [4.78, 5) is 15.2. The number of carboxylic acid groups (broad SMARTS) is 1. The summed E-state index contributed by atoms with van der Waals surface area (Å²) in [6.07, 6.45) is 3.93. The second kappa shape index (κ2) is 8.76. The lowest BCUT2D eigenvalue weighted by atomic mass is 9.93. The molecule has 0 saturated heterocycles.